The van der Waals surface area contributed by atoms with Crippen LogP contribution >= 0.6 is 0 Å². The molecule has 0 aliphatic rings. The molecule has 0 rings (SSSR count). The van der Waals surface area contributed by atoms with Crippen molar-refractivity contribution in [1.29, 1.82) is 0 Å². The number of carbonyl (C=O) groups is 1. The molecular formula is C8H16N2O2. The van der Waals surface area contributed by atoms with Gasteiger partial charge in [-0.2, -0.15) is 5.10 Å². The van der Waals surface area contributed by atoms with Crippen molar-refractivity contribution in [3.63, 3.8) is 0 Å². The van der Waals surface area contributed by atoms with Crippen LogP contribution in [-0.4, -0.2) is 25.3 Å². The van der Waals surface area contributed by atoms with Gasteiger partial charge in [-0.05, 0) is 13.3 Å². The summed E-state index contributed by atoms with van der Waals surface area (Å²) >= 11 is 0. The van der Waals surface area contributed by atoms with Crippen molar-refractivity contribution in [1.82, 2.24) is 5.43 Å². The van der Waals surface area contributed by atoms with E-state index in [1.807, 2.05) is 6.92 Å². The summed E-state index contributed by atoms with van der Waals surface area (Å²) in [4.78, 5) is 11.0. The van der Waals surface area contributed by atoms with Gasteiger partial charge in [0.1, 0.15) is 5.71 Å². The molecule has 0 saturated carbocycles. The first-order valence-corrected chi connectivity index (χ1v) is 4.10. The second-order valence-corrected chi connectivity index (χ2v) is 2.41. The predicted molar refractivity (Wildman–Crippen MR) is 48.0 cm³/mol. The summed E-state index contributed by atoms with van der Waals surface area (Å²) in [6.07, 6.45) is 1.92. The molecule has 0 saturated heterocycles. The Hall–Kier alpha value is -1.06. The highest BCUT2D eigenvalue weighted by atomic mass is 16.5. The third-order valence-corrected chi connectivity index (χ3v) is 1.31. The van der Waals surface area contributed by atoms with Crippen molar-refractivity contribution >= 4 is 11.7 Å². The topological polar surface area (TPSA) is 50.7 Å². The van der Waals surface area contributed by atoms with Crippen LogP contribution in [0.15, 0.2) is 5.10 Å². The zero-order valence-electron chi connectivity index (χ0n) is 7.89. The summed E-state index contributed by atoms with van der Waals surface area (Å²) in [5, 5.41) is 3.70. The fourth-order valence-electron chi connectivity index (χ4n) is 0.627. The van der Waals surface area contributed by atoms with E-state index in [4.69, 9.17) is 4.74 Å². The number of rotatable bonds is 5. The van der Waals surface area contributed by atoms with Crippen LogP contribution in [-0.2, 0) is 9.53 Å². The molecule has 0 aromatic heterocycles. The number of esters is 1. The summed E-state index contributed by atoms with van der Waals surface area (Å²) in [6.45, 7) is 4.14. The molecular weight excluding hydrogens is 156 g/mol. The van der Waals surface area contributed by atoms with Crippen LogP contribution in [0.4, 0.5) is 0 Å². The minimum atomic E-state index is -0.349. The van der Waals surface area contributed by atoms with E-state index in [0.717, 1.165) is 12.8 Å². The molecule has 4 nitrogen and oxygen atoms in total. The van der Waals surface area contributed by atoms with Gasteiger partial charge >= 0.3 is 5.97 Å². The highest BCUT2D eigenvalue weighted by Crippen LogP contribution is 1.90. The lowest BCUT2D eigenvalue weighted by atomic mass is 10.3. The van der Waals surface area contributed by atoms with E-state index >= 15 is 0 Å². The van der Waals surface area contributed by atoms with E-state index in [9.17, 15) is 4.79 Å². The zero-order valence-corrected chi connectivity index (χ0v) is 7.89. The van der Waals surface area contributed by atoms with Crippen LogP contribution in [0.1, 0.15) is 26.7 Å². The summed E-state index contributed by atoms with van der Waals surface area (Å²) in [5.74, 6) is -0.349. The SMILES string of the molecule is CCCCOC(=O)C(C)=NNC. The highest BCUT2D eigenvalue weighted by molar-refractivity contribution is 6.35. The summed E-state index contributed by atoms with van der Waals surface area (Å²) in [6, 6.07) is 0. The van der Waals surface area contributed by atoms with Gasteiger partial charge in [-0.15, -0.1) is 0 Å². The van der Waals surface area contributed by atoms with Crippen LogP contribution in [0, 0.1) is 0 Å². The van der Waals surface area contributed by atoms with Gasteiger partial charge in [-0.25, -0.2) is 4.79 Å². The number of ether oxygens (including phenoxy) is 1. The minimum Gasteiger partial charge on any atom is -0.461 e. The molecule has 0 aliphatic carbocycles. The van der Waals surface area contributed by atoms with E-state index in [0.29, 0.717) is 12.3 Å². The Morgan fingerprint density at radius 2 is 2.25 bits per heavy atom. The van der Waals surface area contributed by atoms with Crippen molar-refractivity contribution in [2.45, 2.75) is 26.7 Å². The predicted octanol–water partition coefficient (Wildman–Crippen LogP) is 0.925. The lowest BCUT2D eigenvalue weighted by Crippen LogP contribution is -2.17. The third kappa shape index (κ3) is 4.71. The number of nitrogens with zero attached hydrogens (tertiary/aromatic N) is 1. The Labute approximate surface area is 73.0 Å². The van der Waals surface area contributed by atoms with Crippen molar-refractivity contribution in [2.24, 2.45) is 5.10 Å². The van der Waals surface area contributed by atoms with E-state index < -0.39 is 0 Å². The molecule has 0 radical (unpaired) electrons. The lowest BCUT2D eigenvalue weighted by molar-refractivity contribution is -0.135. The molecule has 0 unspecified atom stereocenters. The van der Waals surface area contributed by atoms with Gasteiger partial charge in [-0.1, -0.05) is 13.3 Å². The van der Waals surface area contributed by atoms with Gasteiger partial charge in [0.05, 0.1) is 6.61 Å². The van der Waals surface area contributed by atoms with E-state index in [1.165, 1.54) is 0 Å². The highest BCUT2D eigenvalue weighted by Gasteiger charge is 2.05. The molecule has 0 amide bonds. The maximum Gasteiger partial charge on any atom is 0.354 e. The number of unbranched alkanes of at least 4 members (excludes halogenated alkanes) is 1. The first-order valence-electron chi connectivity index (χ1n) is 4.10. The Morgan fingerprint density at radius 1 is 1.58 bits per heavy atom. The molecule has 4 heteroatoms. The normalized spacial score (nSPS) is 11.1. The first kappa shape index (κ1) is 10.9. The van der Waals surface area contributed by atoms with Crippen molar-refractivity contribution in [3.05, 3.63) is 0 Å². The van der Waals surface area contributed by atoms with Crippen LogP contribution in [0.2, 0.25) is 0 Å². The Balaban J connectivity index is 3.64. The molecule has 0 spiro atoms. The monoisotopic (exact) mass is 172 g/mol. The number of hydrogen-bond donors (Lipinski definition) is 1. The largest absolute Gasteiger partial charge is 0.461 e. The maximum atomic E-state index is 11.0. The van der Waals surface area contributed by atoms with Gasteiger partial charge in [0, 0.05) is 7.05 Å². The molecule has 0 aromatic rings. The van der Waals surface area contributed by atoms with Gasteiger partial charge in [0.15, 0.2) is 0 Å². The summed E-state index contributed by atoms with van der Waals surface area (Å²) in [5.41, 5.74) is 2.88. The molecule has 0 atom stereocenters. The average molecular weight is 172 g/mol. The van der Waals surface area contributed by atoms with E-state index in [-0.39, 0.29) is 5.97 Å². The first-order chi connectivity index (χ1) is 5.72. The fraction of sp³-hybridized carbons (Fsp3) is 0.750. The zero-order chi connectivity index (χ0) is 9.40. The van der Waals surface area contributed by atoms with Gasteiger partial charge in [0.2, 0.25) is 0 Å². The standard InChI is InChI=1S/C8H16N2O2/c1-4-5-6-12-8(11)7(2)10-9-3/h9H,4-6H2,1-3H3. The lowest BCUT2D eigenvalue weighted by Gasteiger charge is -2.02. The molecule has 0 fully saturated rings. The van der Waals surface area contributed by atoms with E-state index in [1.54, 1.807) is 14.0 Å². The number of hydrazone groups is 1. The van der Waals surface area contributed by atoms with E-state index in [2.05, 4.69) is 10.5 Å². The van der Waals surface area contributed by atoms with Crippen LogP contribution in [0.5, 0.6) is 0 Å². The summed E-state index contributed by atoms with van der Waals surface area (Å²) in [7, 11) is 1.64. The second kappa shape index (κ2) is 6.64. The number of hydrogen-bond acceptors (Lipinski definition) is 4. The molecule has 0 bridgehead atoms. The molecule has 1 N–H and O–H groups in total. The molecule has 70 valence electrons. The second-order valence-electron chi connectivity index (χ2n) is 2.41. The van der Waals surface area contributed by atoms with Crippen LogP contribution in [0.3, 0.4) is 0 Å². The average Bonchev–Trinajstić information content (AvgIpc) is 2.05. The molecule has 0 heterocycles. The number of nitrogens with one attached hydrogen (secondary N) is 1. The van der Waals surface area contributed by atoms with Crippen LogP contribution in [0.25, 0.3) is 0 Å². The minimum absolute atomic E-state index is 0.349. The van der Waals surface area contributed by atoms with Crippen molar-refractivity contribution < 1.29 is 9.53 Å². The van der Waals surface area contributed by atoms with Crippen molar-refractivity contribution in [3.8, 4) is 0 Å². The Morgan fingerprint density at radius 3 is 2.75 bits per heavy atom. The van der Waals surface area contributed by atoms with Crippen LogP contribution < -0.4 is 5.43 Å². The third-order valence-electron chi connectivity index (χ3n) is 1.31. The maximum absolute atomic E-state index is 11.0. The summed E-state index contributed by atoms with van der Waals surface area (Å²) < 4.78 is 4.89. The van der Waals surface area contributed by atoms with Gasteiger partial charge < -0.3 is 10.2 Å². The Bertz CT molecular complexity index is 166. The molecule has 0 aromatic carbocycles. The molecule has 0 aliphatic heterocycles. The fourth-order valence-corrected chi connectivity index (χ4v) is 0.627. The quantitative estimate of drug-likeness (QED) is 0.290. The van der Waals surface area contributed by atoms with Crippen molar-refractivity contribution in [2.75, 3.05) is 13.7 Å². The van der Waals surface area contributed by atoms with Gasteiger partial charge in [0.25, 0.3) is 0 Å². The Kier molecular flexibility index (Phi) is 6.05. The smallest absolute Gasteiger partial charge is 0.354 e. The van der Waals surface area contributed by atoms with Gasteiger partial charge in [-0.3, -0.25) is 0 Å². The number of carbonyl (C=O) groups excluding carboxylic acids is 1. The molecule has 12 heavy (non-hydrogen) atoms.